The van der Waals surface area contributed by atoms with Crippen LogP contribution in [0.1, 0.15) is 30.5 Å². The lowest BCUT2D eigenvalue weighted by molar-refractivity contribution is 0.528. The fourth-order valence-electron chi connectivity index (χ4n) is 2.23. The first-order valence-electron chi connectivity index (χ1n) is 6.98. The monoisotopic (exact) mass is 307 g/mol. The molecule has 1 aromatic carbocycles. The lowest BCUT2D eigenvalue weighted by Crippen LogP contribution is -2.25. The summed E-state index contributed by atoms with van der Waals surface area (Å²) in [6.45, 7) is 2.96. The molecular formula is C16H19ClFN3. The van der Waals surface area contributed by atoms with Crippen molar-refractivity contribution >= 4 is 17.3 Å². The van der Waals surface area contributed by atoms with Crippen molar-refractivity contribution in [3.05, 3.63) is 58.6 Å². The first kappa shape index (κ1) is 15.7. The molecule has 0 amide bonds. The summed E-state index contributed by atoms with van der Waals surface area (Å²) in [5, 5.41) is 3.88. The third-order valence-electron chi connectivity index (χ3n) is 3.34. The van der Waals surface area contributed by atoms with Crippen LogP contribution in [0.2, 0.25) is 5.02 Å². The lowest BCUT2D eigenvalue weighted by Gasteiger charge is -2.21. The van der Waals surface area contributed by atoms with Gasteiger partial charge in [0.1, 0.15) is 5.82 Å². The van der Waals surface area contributed by atoms with E-state index in [1.807, 2.05) is 0 Å². The van der Waals surface area contributed by atoms with E-state index < -0.39 is 0 Å². The van der Waals surface area contributed by atoms with Crippen LogP contribution >= 0.6 is 11.6 Å². The second kappa shape index (κ2) is 7.38. The quantitative estimate of drug-likeness (QED) is 0.854. The summed E-state index contributed by atoms with van der Waals surface area (Å²) in [5.74, 6) is -0.331. The average molecular weight is 308 g/mol. The predicted molar refractivity (Wildman–Crippen MR) is 84.8 cm³/mol. The maximum Gasteiger partial charge on any atom is 0.124 e. The van der Waals surface area contributed by atoms with Crippen LogP contribution in [0.3, 0.4) is 0 Å². The molecule has 0 fully saturated rings. The molecule has 3 nitrogen and oxygen atoms in total. The Morgan fingerprint density at radius 2 is 2.19 bits per heavy atom. The van der Waals surface area contributed by atoms with Gasteiger partial charge in [-0.05, 0) is 43.1 Å². The van der Waals surface area contributed by atoms with Crippen molar-refractivity contribution in [3.8, 4) is 0 Å². The van der Waals surface area contributed by atoms with E-state index in [2.05, 4.69) is 17.2 Å². The van der Waals surface area contributed by atoms with Crippen LogP contribution in [0, 0.1) is 5.82 Å². The van der Waals surface area contributed by atoms with Gasteiger partial charge in [0.2, 0.25) is 0 Å². The van der Waals surface area contributed by atoms with Gasteiger partial charge in [-0.1, -0.05) is 24.6 Å². The molecule has 1 atom stereocenters. The summed E-state index contributed by atoms with van der Waals surface area (Å²) >= 11 is 6.12. The Hall–Kier alpha value is -1.65. The Morgan fingerprint density at radius 1 is 1.38 bits per heavy atom. The Bertz CT molecular complexity index is 604. The van der Waals surface area contributed by atoms with Gasteiger partial charge < -0.3 is 11.1 Å². The van der Waals surface area contributed by atoms with E-state index in [-0.39, 0.29) is 11.9 Å². The largest absolute Gasteiger partial charge is 0.398 e. The van der Waals surface area contributed by atoms with Crippen molar-refractivity contribution in [2.45, 2.75) is 25.8 Å². The number of nitrogens with one attached hydrogen (secondary N) is 1. The number of nitrogens with two attached hydrogens (primary N) is 1. The molecule has 0 spiro atoms. The summed E-state index contributed by atoms with van der Waals surface area (Å²) in [5.41, 5.74) is 8.55. The van der Waals surface area contributed by atoms with Crippen LogP contribution in [0.15, 0.2) is 36.7 Å². The molecule has 5 heteroatoms. The summed E-state index contributed by atoms with van der Waals surface area (Å²) < 4.78 is 13.1. The molecule has 0 aliphatic carbocycles. The number of rotatable bonds is 6. The molecule has 0 aliphatic heterocycles. The van der Waals surface area contributed by atoms with Crippen molar-refractivity contribution in [1.29, 1.82) is 0 Å². The SMILES string of the molecule is CCCNC(Cc1ccc(F)cc1Cl)c1cnccc1N. The molecule has 3 N–H and O–H groups in total. The van der Waals surface area contributed by atoms with Gasteiger partial charge in [0.25, 0.3) is 0 Å². The third kappa shape index (κ3) is 4.16. The molecule has 0 bridgehead atoms. The van der Waals surface area contributed by atoms with Gasteiger partial charge in [-0.3, -0.25) is 4.98 Å². The van der Waals surface area contributed by atoms with E-state index in [4.69, 9.17) is 17.3 Å². The maximum absolute atomic E-state index is 13.1. The van der Waals surface area contributed by atoms with Gasteiger partial charge in [0, 0.05) is 34.7 Å². The highest BCUT2D eigenvalue weighted by atomic mass is 35.5. The number of aromatic nitrogens is 1. The standard InChI is InChI=1S/C16H19ClFN3/c1-2-6-21-16(13-10-20-7-5-15(13)19)8-11-3-4-12(18)9-14(11)17/h3-5,7,9-10,16,21H,2,6,8H2,1H3,(H2,19,20). The van der Waals surface area contributed by atoms with Crippen molar-refractivity contribution < 1.29 is 4.39 Å². The van der Waals surface area contributed by atoms with Gasteiger partial charge in [-0.15, -0.1) is 0 Å². The Morgan fingerprint density at radius 3 is 2.86 bits per heavy atom. The van der Waals surface area contributed by atoms with Crippen molar-refractivity contribution in [3.63, 3.8) is 0 Å². The van der Waals surface area contributed by atoms with Gasteiger partial charge in [0.05, 0.1) is 0 Å². The van der Waals surface area contributed by atoms with Crippen molar-refractivity contribution in [2.24, 2.45) is 0 Å². The summed E-state index contributed by atoms with van der Waals surface area (Å²) in [7, 11) is 0. The van der Waals surface area contributed by atoms with E-state index in [9.17, 15) is 4.39 Å². The van der Waals surface area contributed by atoms with Gasteiger partial charge in [-0.2, -0.15) is 0 Å². The highest BCUT2D eigenvalue weighted by Crippen LogP contribution is 2.26. The molecule has 0 aliphatic rings. The molecular weight excluding hydrogens is 289 g/mol. The van der Waals surface area contributed by atoms with Crippen LogP contribution in [0.5, 0.6) is 0 Å². The van der Waals surface area contributed by atoms with E-state index in [1.165, 1.54) is 12.1 Å². The van der Waals surface area contributed by atoms with Crippen LogP contribution in [0.25, 0.3) is 0 Å². The molecule has 0 saturated carbocycles. The second-order valence-corrected chi connectivity index (χ2v) is 5.36. The van der Waals surface area contributed by atoms with Crippen molar-refractivity contribution in [1.82, 2.24) is 10.3 Å². The lowest BCUT2D eigenvalue weighted by atomic mass is 9.98. The Labute approximate surface area is 129 Å². The van der Waals surface area contributed by atoms with Gasteiger partial charge >= 0.3 is 0 Å². The van der Waals surface area contributed by atoms with Crippen LogP contribution in [0.4, 0.5) is 10.1 Å². The zero-order chi connectivity index (χ0) is 15.2. The number of nitrogens with zero attached hydrogens (tertiary/aromatic N) is 1. The fourth-order valence-corrected chi connectivity index (χ4v) is 2.47. The molecule has 0 saturated heterocycles. The summed E-state index contributed by atoms with van der Waals surface area (Å²) in [6.07, 6.45) is 5.07. The number of nitrogen functional groups attached to an aromatic ring is 1. The molecule has 1 aromatic heterocycles. The number of benzene rings is 1. The minimum atomic E-state index is -0.331. The summed E-state index contributed by atoms with van der Waals surface area (Å²) in [6, 6.07) is 6.25. The summed E-state index contributed by atoms with van der Waals surface area (Å²) in [4.78, 5) is 4.14. The first-order valence-corrected chi connectivity index (χ1v) is 7.36. The number of hydrogen-bond acceptors (Lipinski definition) is 3. The number of halogens is 2. The molecule has 2 aromatic rings. The van der Waals surface area contributed by atoms with E-state index in [0.717, 1.165) is 24.1 Å². The third-order valence-corrected chi connectivity index (χ3v) is 3.69. The molecule has 1 unspecified atom stereocenters. The zero-order valence-electron chi connectivity index (χ0n) is 11.9. The van der Waals surface area contributed by atoms with Gasteiger partial charge in [-0.25, -0.2) is 4.39 Å². The number of pyridine rings is 1. The highest BCUT2D eigenvalue weighted by molar-refractivity contribution is 6.31. The van der Waals surface area contributed by atoms with Crippen LogP contribution in [-0.4, -0.2) is 11.5 Å². The minimum absolute atomic E-state index is 0.00149. The average Bonchev–Trinajstić information content (AvgIpc) is 2.46. The fraction of sp³-hybridized carbons (Fsp3) is 0.312. The Balaban J connectivity index is 2.26. The molecule has 21 heavy (non-hydrogen) atoms. The minimum Gasteiger partial charge on any atom is -0.398 e. The smallest absolute Gasteiger partial charge is 0.124 e. The van der Waals surface area contributed by atoms with E-state index in [1.54, 1.807) is 24.5 Å². The second-order valence-electron chi connectivity index (χ2n) is 4.95. The first-order chi connectivity index (χ1) is 10.1. The number of hydrogen-bond donors (Lipinski definition) is 2. The number of anilines is 1. The molecule has 2 rings (SSSR count). The maximum atomic E-state index is 13.1. The molecule has 1 heterocycles. The van der Waals surface area contributed by atoms with Crippen molar-refractivity contribution in [2.75, 3.05) is 12.3 Å². The van der Waals surface area contributed by atoms with Crippen LogP contribution in [-0.2, 0) is 6.42 Å². The normalized spacial score (nSPS) is 12.3. The topological polar surface area (TPSA) is 50.9 Å². The van der Waals surface area contributed by atoms with Crippen LogP contribution < -0.4 is 11.1 Å². The molecule has 112 valence electrons. The molecule has 0 radical (unpaired) electrons. The van der Waals surface area contributed by atoms with E-state index >= 15 is 0 Å². The van der Waals surface area contributed by atoms with Gasteiger partial charge in [0.15, 0.2) is 0 Å². The highest BCUT2D eigenvalue weighted by Gasteiger charge is 2.16. The zero-order valence-corrected chi connectivity index (χ0v) is 12.7. The van der Waals surface area contributed by atoms with E-state index in [0.29, 0.717) is 17.1 Å². The predicted octanol–water partition coefficient (Wildman–Crippen LogP) is 3.74. The Kier molecular flexibility index (Phi) is 5.53.